The highest BCUT2D eigenvalue weighted by atomic mass is 35.5. The fraction of sp³-hybridized carbons (Fsp3) is 0.500. The summed E-state index contributed by atoms with van der Waals surface area (Å²) in [7, 11) is 0. The molecule has 1 amide bonds. The average Bonchev–Trinajstić information content (AvgIpc) is 2.28. The van der Waals surface area contributed by atoms with Gasteiger partial charge in [-0.2, -0.15) is 0 Å². The standard InChI is InChI=1S/C12H17ClN2O2/c1-9(2)17-7-3-5-15-12(16)11-8-10(13)4-6-14-11/h4,6,8-9H,3,5,7H2,1-2H3,(H,15,16). The predicted molar refractivity (Wildman–Crippen MR) is 67.3 cm³/mol. The topological polar surface area (TPSA) is 51.2 Å². The summed E-state index contributed by atoms with van der Waals surface area (Å²) in [6, 6.07) is 3.18. The van der Waals surface area contributed by atoms with Crippen molar-refractivity contribution >= 4 is 17.5 Å². The van der Waals surface area contributed by atoms with Gasteiger partial charge in [0.1, 0.15) is 5.69 Å². The summed E-state index contributed by atoms with van der Waals surface area (Å²) in [5.74, 6) is -0.211. The van der Waals surface area contributed by atoms with Crippen LogP contribution in [0.25, 0.3) is 0 Å². The van der Waals surface area contributed by atoms with Crippen LogP contribution < -0.4 is 5.32 Å². The Labute approximate surface area is 106 Å². The Balaban J connectivity index is 2.26. The third-order valence-electron chi connectivity index (χ3n) is 2.01. The minimum Gasteiger partial charge on any atom is -0.379 e. The second-order valence-electron chi connectivity index (χ2n) is 3.89. The van der Waals surface area contributed by atoms with Gasteiger partial charge >= 0.3 is 0 Å². The maximum absolute atomic E-state index is 11.6. The second-order valence-corrected chi connectivity index (χ2v) is 4.32. The number of rotatable bonds is 6. The van der Waals surface area contributed by atoms with Gasteiger partial charge in [0.05, 0.1) is 6.10 Å². The first kappa shape index (κ1) is 13.9. The van der Waals surface area contributed by atoms with Gasteiger partial charge in [-0.05, 0) is 32.4 Å². The van der Waals surface area contributed by atoms with Crippen LogP contribution in [0.5, 0.6) is 0 Å². The molecule has 0 fully saturated rings. The number of aromatic nitrogens is 1. The van der Waals surface area contributed by atoms with E-state index in [2.05, 4.69) is 10.3 Å². The van der Waals surface area contributed by atoms with Crippen LogP contribution in [0.15, 0.2) is 18.3 Å². The molecule has 1 rings (SSSR count). The van der Waals surface area contributed by atoms with Gasteiger partial charge in [0.2, 0.25) is 0 Å². The van der Waals surface area contributed by atoms with E-state index in [4.69, 9.17) is 16.3 Å². The molecule has 1 aromatic rings. The molecule has 1 heterocycles. The first-order valence-corrected chi connectivity index (χ1v) is 5.98. The smallest absolute Gasteiger partial charge is 0.269 e. The van der Waals surface area contributed by atoms with Gasteiger partial charge in [-0.1, -0.05) is 11.6 Å². The monoisotopic (exact) mass is 256 g/mol. The minimum atomic E-state index is -0.211. The number of hydrogen-bond acceptors (Lipinski definition) is 3. The van der Waals surface area contributed by atoms with Crippen molar-refractivity contribution in [2.75, 3.05) is 13.2 Å². The van der Waals surface area contributed by atoms with E-state index in [1.807, 2.05) is 13.8 Å². The van der Waals surface area contributed by atoms with Gasteiger partial charge in [-0.3, -0.25) is 9.78 Å². The summed E-state index contributed by atoms with van der Waals surface area (Å²) in [5, 5.41) is 3.27. The number of pyridine rings is 1. The van der Waals surface area contributed by atoms with Crippen LogP contribution in [-0.2, 0) is 4.74 Å². The van der Waals surface area contributed by atoms with Crippen LogP contribution in [-0.4, -0.2) is 30.1 Å². The Morgan fingerprint density at radius 1 is 1.59 bits per heavy atom. The quantitative estimate of drug-likeness (QED) is 0.795. The molecule has 0 atom stereocenters. The van der Waals surface area contributed by atoms with Crippen molar-refractivity contribution in [3.8, 4) is 0 Å². The number of hydrogen-bond donors (Lipinski definition) is 1. The summed E-state index contributed by atoms with van der Waals surface area (Å²) in [4.78, 5) is 15.6. The third kappa shape index (κ3) is 5.65. The Bertz CT molecular complexity index is 369. The number of nitrogens with zero attached hydrogens (tertiary/aromatic N) is 1. The lowest BCUT2D eigenvalue weighted by Crippen LogP contribution is -2.26. The van der Waals surface area contributed by atoms with Gasteiger partial charge in [-0.25, -0.2) is 0 Å². The van der Waals surface area contributed by atoms with Crippen LogP contribution in [0.1, 0.15) is 30.8 Å². The SMILES string of the molecule is CC(C)OCCCNC(=O)c1cc(Cl)ccn1. The first-order chi connectivity index (χ1) is 8.09. The molecule has 0 unspecified atom stereocenters. The highest BCUT2D eigenvalue weighted by Crippen LogP contribution is 2.07. The van der Waals surface area contributed by atoms with Gasteiger partial charge in [-0.15, -0.1) is 0 Å². The zero-order valence-corrected chi connectivity index (χ0v) is 10.8. The van der Waals surface area contributed by atoms with E-state index < -0.39 is 0 Å². The number of carbonyl (C=O) groups is 1. The number of halogens is 1. The van der Waals surface area contributed by atoms with Crippen molar-refractivity contribution in [2.45, 2.75) is 26.4 Å². The average molecular weight is 257 g/mol. The molecule has 0 saturated heterocycles. The molecule has 94 valence electrons. The van der Waals surface area contributed by atoms with Crippen molar-refractivity contribution in [1.29, 1.82) is 0 Å². The van der Waals surface area contributed by atoms with Crippen molar-refractivity contribution in [3.05, 3.63) is 29.0 Å². The highest BCUT2D eigenvalue weighted by Gasteiger charge is 2.06. The van der Waals surface area contributed by atoms with Crippen molar-refractivity contribution in [1.82, 2.24) is 10.3 Å². The Morgan fingerprint density at radius 3 is 3.00 bits per heavy atom. The molecule has 0 radical (unpaired) electrons. The van der Waals surface area contributed by atoms with E-state index in [-0.39, 0.29) is 12.0 Å². The van der Waals surface area contributed by atoms with Crippen LogP contribution >= 0.6 is 11.6 Å². The second kappa shape index (κ2) is 7.25. The predicted octanol–water partition coefficient (Wildman–Crippen LogP) is 2.28. The maximum atomic E-state index is 11.6. The summed E-state index contributed by atoms with van der Waals surface area (Å²) < 4.78 is 5.36. The Morgan fingerprint density at radius 2 is 2.35 bits per heavy atom. The number of carbonyl (C=O) groups excluding carboxylic acids is 1. The molecule has 0 aromatic carbocycles. The van der Waals surface area contributed by atoms with Crippen molar-refractivity contribution in [3.63, 3.8) is 0 Å². The normalized spacial score (nSPS) is 10.6. The molecule has 4 nitrogen and oxygen atoms in total. The van der Waals surface area contributed by atoms with Gasteiger partial charge in [0.15, 0.2) is 0 Å². The lowest BCUT2D eigenvalue weighted by atomic mass is 10.3. The van der Waals surface area contributed by atoms with E-state index in [9.17, 15) is 4.79 Å². The van der Waals surface area contributed by atoms with E-state index >= 15 is 0 Å². The maximum Gasteiger partial charge on any atom is 0.269 e. The zero-order valence-electron chi connectivity index (χ0n) is 10.1. The Kier molecular flexibility index (Phi) is 5.94. The fourth-order valence-electron chi connectivity index (χ4n) is 1.21. The fourth-order valence-corrected chi connectivity index (χ4v) is 1.37. The van der Waals surface area contributed by atoms with Crippen molar-refractivity contribution < 1.29 is 9.53 Å². The molecule has 1 N–H and O–H groups in total. The van der Waals surface area contributed by atoms with Crippen molar-refractivity contribution in [2.24, 2.45) is 0 Å². The molecule has 17 heavy (non-hydrogen) atoms. The van der Waals surface area contributed by atoms with E-state index in [0.29, 0.717) is 23.9 Å². The molecule has 0 bridgehead atoms. The van der Waals surface area contributed by atoms with E-state index in [1.165, 1.54) is 6.20 Å². The number of amides is 1. The summed E-state index contributed by atoms with van der Waals surface area (Å²) in [5.41, 5.74) is 0.335. The van der Waals surface area contributed by atoms with Crippen LogP contribution in [0.2, 0.25) is 5.02 Å². The summed E-state index contributed by atoms with van der Waals surface area (Å²) >= 11 is 5.77. The molecular formula is C12H17ClN2O2. The lowest BCUT2D eigenvalue weighted by molar-refractivity contribution is 0.0756. The van der Waals surface area contributed by atoms with Crippen LogP contribution in [0.4, 0.5) is 0 Å². The molecule has 0 aliphatic carbocycles. The number of nitrogens with one attached hydrogen (secondary N) is 1. The van der Waals surface area contributed by atoms with Crippen LogP contribution in [0, 0.1) is 0 Å². The minimum absolute atomic E-state index is 0.211. The lowest BCUT2D eigenvalue weighted by Gasteiger charge is -2.08. The van der Waals surface area contributed by atoms with Gasteiger partial charge in [0, 0.05) is 24.4 Å². The molecule has 0 aliphatic rings. The summed E-state index contributed by atoms with van der Waals surface area (Å²) in [6.45, 7) is 5.17. The highest BCUT2D eigenvalue weighted by molar-refractivity contribution is 6.30. The first-order valence-electron chi connectivity index (χ1n) is 5.61. The molecular weight excluding hydrogens is 240 g/mol. The van der Waals surface area contributed by atoms with Crippen LogP contribution in [0.3, 0.4) is 0 Å². The largest absolute Gasteiger partial charge is 0.379 e. The molecule has 0 aliphatic heterocycles. The summed E-state index contributed by atoms with van der Waals surface area (Å²) in [6.07, 6.45) is 2.52. The van der Waals surface area contributed by atoms with E-state index in [1.54, 1.807) is 12.1 Å². The molecule has 0 spiro atoms. The Hall–Kier alpha value is -1.13. The number of ether oxygens (including phenoxy) is 1. The molecule has 5 heteroatoms. The third-order valence-corrected chi connectivity index (χ3v) is 2.25. The van der Waals surface area contributed by atoms with E-state index in [0.717, 1.165) is 6.42 Å². The molecule has 0 saturated carbocycles. The molecule has 1 aromatic heterocycles. The van der Waals surface area contributed by atoms with Gasteiger partial charge in [0.25, 0.3) is 5.91 Å². The van der Waals surface area contributed by atoms with Gasteiger partial charge < -0.3 is 10.1 Å². The zero-order chi connectivity index (χ0) is 12.7.